The molecule has 4 rings (SSSR count). The fourth-order valence-corrected chi connectivity index (χ4v) is 4.22. The molecule has 0 amide bonds. The standard InChI is InChI=1S/C25H22F9N7/c1-4-41-11-14(2)21(36-41)20-6-5-17(23(26,27)28)9-16(20)13-40(22-35-38-39(3)37-22)12-15-7-18(24(29,30)31)10-19(8-15)25(32,33)34/h5-11H,4,12-13H2,1-3H3. The molecule has 0 spiro atoms. The van der Waals surface area contributed by atoms with Crippen molar-refractivity contribution in [1.82, 2.24) is 30.0 Å². The number of alkyl halides is 9. The molecule has 0 fully saturated rings. The minimum absolute atomic E-state index is 0.00778. The van der Waals surface area contributed by atoms with Crippen molar-refractivity contribution in [2.24, 2.45) is 7.05 Å². The molecular formula is C25H22F9N7. The van der Waals surface area contributed by atoms with E-state index in [1.165, 1.54) is 13.1 Å². The number of hydrogen-bond acceptors (Lipinski definition) is 5. The van der Waals surface area contributed by atoms with Crippen LogP contribution in [-0.4, -0.2) is 30.0 Å². The van der Waals surface area contributed by atoms with Gasteiger partial charge in [-0.3, -0.25) is 4.68 Å². The molecule has 0 aliphatic heterocycles. The van der Waals surface area contributed by atoms with Crippen molar-refractivity contribution in [1.29, 1.82) is 0 Å². The van der Waals surface area contributed by atoms with E-state index in [1.807, 2.05) is 6.92 Å². The summed E-state index contributed by atoms with van der Waals surface area (Å²) in [6.45, 7) is 2.95. The summed E-state index contributed by atoms with van der Waals surface area (Å²) in [5, 5.41) is 15.9. The lowest BCUT2D eigenvalue weighted by atomic mass is 9.98. The van der Waals surface area contributed by atoms with Crippen LogP contribution in [0.4, 0.5) is 45.5 Å². The second kappa shape index (κ2) is 10.7. The molecule has 0 unspecified atom stereocenters. The molecule has 16 heteroatoms. The minimum atomic E-state index is -5.09. The highest BCUT2D eigenvalue weighted by molar-refractivity contribution is 5.68. The Balaban J connectivity index is 1.85. The highest BCUT2D eigenvalue weighted by atomic mass is 19.4. The van der Waals surface area contributed by atoms with Gasteiger partial charge in [-0.15, -0.1) is 5.10 Å². The predicted octanol–water partition coefficient (Wildman–Crippen LogP) is 6.67. The van der Waals surface area contributed by atoms with Crippen LogP contribution in [0.1, 0.15) is 40.3 Å². The average molecular weight is 591 g/mol. The van der Waals surface area contributed by atoms with Gasteiger partial charge >= 0.3 is 18.5 Å². The van der Waals surface area contributed by atoms with Crippen LogP contribution in [0.15, 0.2) is 42.6 Å². The minimum Gasteiger partial charge on any atom is -0.330 e. The van der Waals surface area contributed by atoms with Crippen molar-refractivity contribution in [3.05, 3.63) is 76.0 Å². The molecule has 0 bridgehead atoms. The average Bonchev–Trinajstić information content (AvgIpc) is 3.47. The molecule has 2 aromatic heterocycles. The maximum Gasteiger partial charge on any atom is 0.416 e. The van der Waals surface area contributed by atoms with E-state index in [2.05, 4.69) is 20.5 Å². The summed E-state index contributed by atoms with van der Waals surface area (Å²) >= 11 is 0. The number of aromatic nitrogens is 6. The Hall–Kier alpha value is -4.11. The van der Waals surface area contributed by atoms with Gasteiger partial charge < -0.3 is 4.90 Å². The van der Waals surface area contributed by atoms with E-state index in [-0.39, 0.29) is 23.1 Å². The third-order valence-corrected chi connectivity index (χ3v) is 6.12. The Morgan fingerprint density at radius 3 is 1.88 bits per heavy atom. The fourth-order valence-electron chi connectivity index (χ4n) is 4.22. The molecule has 41 heavy (non-hydrogen) atoms. The topological polar surface area (TPSA) is 64.7 Å². The zero-order valence-corrected chi connectivity index (χ0v) is 21.7. The van der Waals surface area contributed by atoms with Gasteiger partial charge in [0.2, 0.25) is 0 Å². The summed E-state index contributed by atoms with van der Waals surface area (Å²) < 4.78 is 123. The molecule has 0 atom stereocenters. The number of benzene rings is 2. The third-order valence-electron chi connectivity index (χ3n) is 6.12. The van der Waals surface area contributed by atoms with Gasteiger partial charge in [0.05, 0.1) is 29.4 Å². The van der Waals surface area contributed by atoms with Gasteiger partial charge in [0.25, 0.3) is 5.95 Å². The van der Waals surface area contributed by atoms with Crippen LogP contribution in [0.25, 0.3) is 11.3 Å². The largest absolute Gasteiger partial charge is 0.416 e. The van der Waals surface area contributed by atoms with Crippen LogP contribution >= 0.6 is 0 Å². The normalized spacial score (nSPS) is 12.7. The van der Waals surface area contributed by atoms with E-state index < -0.39 is 53.9 Å². The summed E-state index contributed by atoms with van der Waals surface area (Å²) in [5.41, 5.74) is -3.15. The highest BCUT2D eigenvalue weighted by Gasteiger charge is 2.37. The highest BCUT2D eigenvalue weighted by Crippen LogP contribution is 2.38. The molecule has 0 radical (unpaired) electrons. The molecule has 0 aliphatic rings. The van der Waals surface area contributed by atoms with E-state index in [0.29, 0.717) is 29.9 Å². The van der Waals surface area contributed by atoms with Crippen molar-refractivity contribution >= 4 is 5.95 Å². The van der Waals surface area contributed by atoms with E-state index in [1.54, 1.807) is 17.8 Å². The van der Waals surface area contributed by atoms with Gasteiger partial charge in [0.1, 0.15) is 0 Å². The van der Waals surface area contributed by atoms with E-state index in [9.17, 15) is 39.5 Å². The summed E-state index contributed by atoms with van der Waals surface area (Å²) in [5.74, 6) is -0.224. The number of anilines is 1. The predicted molar refractivity (Wildman–Crippen MR) is 128 cm³/mol. The van der Waals surface area contributed by atoms with Crippen LogP contribution in [-0.2, 0) is 45.2 Å². The van der Waals surface area contributed by atoms with E-state index in [0.717, 1.165) is 21.8 Å². The van der Waals surface area contributed by atoms with Crippen molar-refractivity contribution in [3.8, 4) is 11.3 Å². The third kappa shape index (κ3) is 6.79. The maximum absolute atomic E-state index is 13.7. The van der Waals surface area contributed by atoms with Gasteiger partial charge in [0, 0.05) is 31.4 Å². The first-order chi connectivity index (χ1) is 19.0. The smallest absolute Gasteiger partial charge is 0.330 e. The van der Waals surface area contributed by atoms with Crippen LogP contribution in [0.2, 0.25) is 0 Å². The molecule has 0 aliphatic carbocycles. The zero-order chi connectivity index (χ0) is 30.3. The van der Waals surface area contributed by atoms with Crippen LogP contribution in [0.3, 0.4) is 0 Å². The lowest BCUT2D eigenvalue weighted by molar-refractivity contribution is -0.143. The molecule has 0 N–H and O–H groups in total. The Morgan fingerprint density at radius 1 is 0.780 bits per heavy atom. The zero-order valence-electron chi connectivity index (χ0n) is 21.7. The number of tetrazole rings is 1. The number of rotatable bonds is 7. The van der Waals surface area contributed by atoms with Crippen LogP contribution < -0.4 is 4.90 Å². The monoisotopic (exact) mass is 591 g/mol. The SMILES string of the molecule is CCn1cc(C)c(-c2ccc(C(F)(F)F)cc2CN(Cc2cc(C(F)(F)F)cc(C(F)(F)F)c2)c2nnn(C)n2)n1. The molecule has 0 saturated carbocycles. The molecule has 4 aromatic rings. The molecule has 2 aromatic carbocycles. The number of aryl methyl sites for hydroxylation is 3. The molecule has 0 saturated heterocycles. The van der Waals surface area contributed by atoms with Crippen molar-refractivity contribution in [3.63, 3.8) is 0 Å². The maximum atomic E-state index is 13.7. The van der Waals surface area contributed by atoms with Crippen molar-refractivity contribution in [2.45, 2.75) is 52.0 Å². The first-order valence-electron chi connectivity index (χ1n) is 12.0. The Labute approximate surface area is 227 Å². The second-order valence-electron chi connectivity index (χ2n) is 9.24. The van der Waals surface area contributed by atoms with Crippen molar-refractivity contribution < 1.29 is 39.5 Å². The summed E-state index contributed by atoms with van der Waals surface area (Å²) in [6.07, 6.45) is -13.2. The first kappa shape index (κ1) is 29.9. The fraction of sp³-hybridized carbons (Fsp3) is 0.360. The number of nitrogens with zero attached hydrogens (tertiary/aromatic N) is 7. The van der Waals surface area contributed by atoms with Crippen molar-refractivity contribution in [2.75, 3.05) is 4.90 Å². The second-order valence-corrected chi connectivity index (χ2v) is 9.24. The molecule has 2 heterocycles. The van der Waals surface area contributed by atoms with E-state index >= 15 is 0 Å². The summed E-state index contributed by atoms with van der Waals surface area (Å²) in [6, 6.07) is 4.03. The lowest BCUT2D eigenvalue weighted by Crippen LogP contribution is -2.25. The van der Waals surface area contributed by atoms with Gasteiger partial charge in [-0.1, -0.05) is 11.2 Å². The number of hydrogen-bond donors (Lipinski definition) is 0. The number of halogens is 9. The summed E-state index contributed by atoms with van der Waals surface area (Å²) in [4.78, 5) is 2.14. The Kier molecular flexibility index (Phi) is 7.80. The molecule has 220 valence electrons. The van der Waals surface area contributed by atoms with Gasteiger partial charge in [-0.05, 0) is 66.1 Å². The summed E-state index contributed by atoms with van der Waals surface area (Å²) in [7, 11) is 1.37. The van der Waals surface area contributed by atoms with Gasteiger partial charge in [-0.2, -0.15) is 49.4 Å². The quantitative estimate of drug-likeness (QED) is 0.225. The van der Waals surface area contributed by atoms with Crippen LogP contribution in [0, 0.1) is 6.92 Å². The van der Waals surface area contributed by atoms with Crippen LogP contribution in [0.5, 0.6) is 0 Å². The first-order valence-corrected chi connectivity index (χ1v) is 12.0. The Morgan fingerprint density at radius 2 is 1.39 bits per heavy atom. The van der Waals surface area contributed by atoms with Gasteiger partial charge in [0.15, 0.2) is 0 Å². The lowest BCUT2D eigenvalue weighted by Gasteiger charge is -2.24. The molecule has 7 nitrogen and oxygen atoms in total. The van der Waals surface area contributed by atoms with E-state index in [4.69, 9.17) is 0 Å². The molecular weight excluding hydrogens is 569 g/mol. The Bertz CT molecular complexity index is 1500. The van der Waals surface area contributed by atoms with Gasteiger partial charge in [-0.25, -0.2) is 0 Å².